The Hall–Kier alpha value is -9.31. The lowest BCUT2D eigenvalue weighted by atomic mass is 9.78. The molecule has 2 aliphatic rings. The molecule has 0 amide bonds. The number of aliphatic imine (C=N–C) groups is 1. The number of hydrogen-bond donors (Lipinski definition) is 0. The van der Waals surface area contributed by atoms with Gasteiger partial charge in [-0.25, -0.2) is 19.3 Å². The Labute approximate surface area is 520 Å². The summed E-state index contributed by atoms with van der Waals surface area (Å²) < 4.78 is 27.2. The van der Waals surface area contributed by atoms with Crippen LogP contribution in [0, 0.1) is 47.8 Å². The first-order chi connectivity index (χ1) is 41.0. The molecule has 5 aromatic carbocycles. The number of ether oxygens (including phenoxy) is 2. The number of nitrogens with zero attached hydrogens (tertiary/aromatic N) is 11. The van der Waals surface area contributed by atoms with Crippen LogP contribution in [0.2, 0.25) is 0 Å². The van der Waals surface area contributed by atoms with E-state index in [2.05, 4.69) is 77.5 Å². The van der Waals surface area contributed by atoms with Crippen LogP contribution in [0.4, 0.5) is 0 Å². The van der Waals surface area contributed by atoms with Crippen molar-refractivity contribution in [3.05, 3.63) is 213 Å². The van der Waals surface area contributed by atoms with Gasteiger partial charge in [0.15, 0.2) is 11.3 Å². The van der Waals surface area contributed by atoms with Gasteiger partial charge >= 0.3 is 7.12 Å². The lowest BCUT2D eigenvalue weighted by molar-refractivity contribution is 0.00578. The summed E-state index contributed by atoms with van der Waals surface area (Å²) in [5.41, 5.74) is 16.9. The van der Waals surface area contributed by atoms with Crippen LogP contribution in [0.25, 0.3) is 44.3 Å². The Morgan fingerprint density at radius 3 is 1.48 bits per heavy atom. The molecule has 0 N–H and O–H groups in total. The number of aryl methyl sites for hydroxylation is 2. The van der Waals surface area contributed by atoms with Crippen LogP contribution in [0.5, 0.6) is 11.5 Å². The largest absolute Gasteiger partial charge is 0.497 e. The molecule has 0 bridgehead atoms. The molecule has 2 aliphatic heterocycles. The fourth-order valence-corrected chi connectivity index (χ4v) is 10.1. The Morgan fingerprint density at radius 2 is 0.989 bits per heavy atom. The maximum Gasteiger partial charge on any atom is 0.494 e. The van der Waals surface area contributed by atoms with Gasteiger partial charge in [-0.2, -0.15) is 26.0 Å². The Kier molecular flexibility index (Phi) is 21.9. The van der Waals surface area contributed by atoms with Gasteiger partial charge in [0.05, 0.1) is 99.6 Å². The van der Waals surface area contributed by atoms with E-state index >= 15 is 0 Å². The van der Waals surface area contributed by atoms with Crippen molar-refractivity contribution in [2.24, 2.45) is 4.99 Å². The predicted octanol–water partition coefficient (Wildman–Crippen LogP) is 14.6. The van der Waals surface area contributed by atoms with Crippen LogP contribution >= 0.6 is 15.9 Å². The Morgan fingerprint density at radius 1 is 0.540 bits per heavy atom. The molecule has 0 atom stereocenters. The number of pyridine rings is 3. The van der Waals surface area contributed by atoms with E-state index in [4.69, 9.17) is 39.6 Å². The Balaban J connectivity index is 0.000000167. The number of rotatable bonds is 12. The summed E-state index contributed by atoms with van der Waals surface area (Å²) in [6.45, 7) is 16.2. The molecule has 1 fully saturated rings. The van der Waals surface area contributed by atoms with Crippen molar-refractivity contribution in [2.45, 2.75) is 113 Å². The summed E-state index contributed by atoms with van der Waals surface area (Å²) in [4.78, 5) is 18.0. The van der Waals surface area contributed by atoms with Gasteiger partial charge in [-0.05, 0) is 151 Å². The van der Waals surface area contributed by atoms with Crippen LogP contribution in [0.1, 0.15) is 99.9 Å². The van der Waals surface area contributed by atoms with Crippen molar-refractivity contribution in [1.29, 1.82) is 15.8 Å². The SMILES string of the molecule is C.C.CC1(C)OB(c2cccc(CC#N)c2)OC1(C)C.CC1=NCc2ncc(-c3cccc(CC#N)c3)cc21.COc1ccc(Cn2nc(C)c3cc(-c4cccc(CC#N)c4)cnc32)cc1.COc1ccc(Cn2nc(C)c3cc(Br)cnc32)cc1. The van der Waals surface area contributed by atoms with Crippen molar-refractivity contribution in [2.75, 3.05) is 14.2 Å². The molecule has 0 saturated carbocycles. The zero-order valence-electron chi connectivity index (χ0n) is 49.3. The molecule has 0 radical (unpaired) electrons. The smallest absolute Gasteiger partial charge is 0.494 e. The molecule has 442 valence electrons. The number of benzene rings is 5. The van der Waals surface area contributed by atoms with Crippen LogP contribution in [0.3, 0.4) is 0 Å². The molecule has 7 heterocycles. The number of methoxy groups -OCH3 is 2. The number of fused-ring (bicyclic) bond motifs is 3. The molecule has 5 aromatic heterocycles. The van der Waals surface area contributed by atoms with Crippen molar-refractivity contribution < 1.29 is 18.8 Å². The molecule has 0 aliphatic carbocycles. The van der Waals surface area contributed by atoms with Crippen molar-refractivity contribution in [3.63, 3.8) is 0 Å². The van der Waals surface area contributed by atoms with Gasteiger partial charge < -0.3 is 18.8 Å². The average molecular weight is 1220 g/mol. The second kappa shape index (κ2) is 29.2. The predicted molar refractivity (Wildman–Crippen MR) is 351 cm³/mol. The van der Waals surface area contributed by atoms with Gasteiger partial charge in [-0.1, -0.05) is 112 Å². The topological polar surface area (TPSA) is 195 Å². The van der Waals surface area contributed by atoms with Crippen LogP contribution < -0.4 is 14.9 Å². The van der Waals surface area contributed by atoms with E-state index in [-0.39, 0.29) is 33.2 Å². The van der Waals surface area contributed by atoms with Gasteiger partial charge in [0.25, 0.3) is 0 Å². The number of hydrogen-bond acceptors (Lipinski definition) is 13. The minimum absolute atomic E-state index is 0. The first kappa shape index (κ1) is 65.2. The lowest BCUT2D eigenvalue weighted by Gasteiger charge is -2.32. The minimum atomic E-state index is -0.353. The molecule has 15 nitrogen and oxygen atoms in total. The lowest BCUT2D eigenvalue weighted by Crippen LogP contribution is -2.41. The maximum absolute atomic E-state index is 8.93. The molecule has 0 spiro atoms. The number of halogens is 1. The molecule has 0 unspecified atom stereocenters. The number of nitriles is 3. The Bertz CT molecular complexity index is 4160. The summed E-state index contributed by atoms with van der Waals surface area (Å²) in [6.07, 6.45) is 6.81. The highest BCUT2D eigenvalue weighted by molar-refractivity contribution is 9.10. The molecule has 12 rings (SSSR count). The van der Waals surface area contributed by atoms with E-state index in [1.165, 1.54) is 5.56 Å². The monoisotopic (exact) mass is 1220 g/mol. The number of aromatic nitrogens is 7. The van der Waals surface area contributed by atoms with E-state index in [0.29, 0.717) is 38.9 Å². The quantitative estimate of drug-likeness (QED) is 0.105. The van der Waals surface area contributed by atoms with Gasteiger partial charge in [-0.15, -0.1) is 0 Å². The van der Waals surface area contributed by atoms with Gasteiger partial charge in [0.1, 0.15) is 11.5 Å². The summed E-state index contributed by atoms with van der Waals surface area (Å²) >= 11 is 3.45. The second-order valence-electron chi connectivity index (χ2n) is 21.7. The van der Waals surface area contributed by atoms with Crippen molar-refractivity contribution in [3.8, 4) is 52.0 Å². The third kappa shape index (κ3) is 15.8. The summed E-state index contributed by atoms with van der Waals surface area (Å²) in [5, 5.41) is 37.8. The molecule has 17 heteroatoms. The highest BCUT2D eigenvalue weighted by Gasteiger charge is 2.51. The fourth-order valence-electron chi connectivity index (χ4n) is 9.78. The standard InChI is InChI=1S/C23H20N4O.C16H13N3.C15H14BrN3O.C14H18BNO2.2CH4/c1-16-22-13-20(19-5-3-4-17(12-19)10-11-24)14-25-23(22)27(26-16)15-18-6-8-21(28-2)9-7-18;1-11-15-8-14(9-19-16(15)10-18-11)13-4-2-3-12(7-13)5-6-17;1-10-14-7-12(16)8-17-15(14)19(18-10)9-11-3-5-13(20-2)6-4-11;1-13(2)14(3,4)18-15(17-13)12-7-5-6-11(10-12)8-9-16;;/h3-9,12-14H,10,15H2,1-2H3;2-4,7-9H,5,10H2,1H3;3-8H,9H2,1-2H3;5-7,10H,8H2,1-4H3;2*1H4. The van der Waals surface area contributed by atoms with E-state index in [0.717, 1.165) is 116 Å². The molecule has 87 heavy (non-hydrogen) atoms. The van der Waals surface area contributed by atoms with Gasteiger partial charge in [-0.3, -0.25) is 9.98 Å². The van der Waals surface area contributed by atoms with E-state index in [1.807, 2.05) is 192 Å². The highest BCUT2D eigenvalue weighted by atomic mass is 79.9. The summed E-state index contributed by atoms with van der Waals surface area (Å²) in [5.74, 6) is 1.70. The summed E-state index contributed by atoms with van der Waals surface area (Å²) in [7, 11) is 2.98. The third-order valence-corrected chi connectivity index (χ3v) is 15.6. The molecule has 1 saturated heterocycles. The van der Waals surface area contributed by atoms with Gasteiger partial charge in [0.2, 0.25) is 0 Å². The first-order valence-electron chi connectivity index (χ1n) is 27.8. The molecule has 10 aromatic rings. The molecular formula is C70H73BBrN11O4. The third-order valence-electron chi connectivity index (χ3n) is 15.2. The highest BCUT2D eigenvalue weighted by Crippen LogP contribution is 2.37. The second-order valence-corrected chi connectivity index (χ2v) is 22.6. The van der Waals surface area contributed by atoms with Crippen LogP contribution in [-0.4, -0.2) is 72.8 Å². The zero-order valence-corrected chi connectivity index (χ0v) is 50.8. The first-order valence-corrected chi connectivity index (χ1v) is 28.6. The van der Waals surface area contributed by atoms with E-state index in [9.17, 15) is 0 Å². The normalized spacial score (nSPS) is 13.0. The summed E-state index contributed by atoms with van der Waals surface area (Å²) in [6, 6.07) is 52.7. The van der Waals surface area contributed by atoms with E-state index < -0.39 is 0 Å². The average Bonchev–Trinajstić information content (AvgIpc) is 1.95. The fraction of sp³-hybridized carbons (Fsp3) is 0.271. The minimum Gasteiger partial charge on any atom is -0.497 e. The van der Waals surface area contributed by atoms with E-state index in [1.54, 1.807) is 20.4 Å². The van der Waals surface area contributed by atoms with Crippen molar-refractivity contribution in [1.82, 2.24) is 34.5 Å². The van der Waals surface area contributed by atoms with Crippen LogP contribution in [-0.2, 0) is 48.2 Å². The zero-order chi connectivity index (χ0) is 60.3. The van der Waals surface area contributed by atoms with Crippen molar-refractivity contribution >= 4 is 56.3 Å². The van der Waals surface area contributed by atoms with Gasteiger partial charge in [0, 0.05) is 56.2 Å². The maximum atomic E-state index is 8.93. The molecular weight excluding hydrogens is 1150 g/mol. The van der Waals surface area contributed by atoms with Crippen LogP contribution in [0.15, 0.2) is 168 Å².